The van der Waals surface area contributed by atoms with Crippen LogP contribution in [0.25, 0.3) is 0 Å². The molecule has 0 amide bonds. The lowest BCUT2D eigenvalue weighted by atomic mass is 10.1. The highest BCUT2D eigenvalue weighted by molar-refractivity contribution is 7.92. The lowest BCUT2D eigenvalue weighted by Crippen LogP contribution is -2.32. The van der Waals surface area contributed by atoms with Crippen LogP contribution in [0.1, 0.15) is 37.5 Å². The van der Waals surface area contributed by atoms with Gasteiger partial charge in [0.1, 0.15) is 17.3 Å². The van der Waals surface area contributed by atoms with Gasteiger partial charge in [-0.25, -0.2) is 8.42 Å². The number of hydrogen-bond acceptors (Lipinski definition) is 4. The summed E-state index contributed by atoms with van der Waals surface area (Å²) in [4.78, 5) is 0.336. The highest BCUT2D eigenvalue weighted by Crippen LogP contribution is 2.25. The van der Waals surface area contributed by atoms with Crippen LogP contribution in [-0.2, 0) is 9.84 Å². The summed E-state index contributed by atoms with van der Waals surface area (Å²) in [6.45, 7) is 8.99. The average Bonchev–Trinajstić information content (AvgIpc) is 2.30. The van der Waals surface area contributed by atoms with Crippen LogP contribution >= 0.6 is 12.2 Å². The van der Waals surface area contributed by atoms with E-state index in [1.54, 1.807) is 20.8 Å². The fourth-order valence-corrected chi connectivity index (χ4v) is 2.91. The monoisotopic (exact) mass is 329 g/mol. The third-order valence-corrected chi connectivity index (χ3v) is 6.08. The highest BCUT2D eigenvalue weighted by atomic mass is 32.2. The number of ether oxygens (including phenoxy) is 1. The van der Waals surface area contributed by atoms with Crippen LogP contribution in [0.15, 0.2) is 12.1 Å². The molecule has 0 spiro atoms. The van der Waals surface area contributed by atoms with Crippen molar-refractivity contribution in [3.8, 4) is 5.75 Å². The van der Waals surface area contributed by atoms with Crippen molar-refractivity contribution in [2.45, 2.75) is 39.4 Å². The molecule has 118 valence electrons. The normalized spacial score (nSPS) is 12.2. The molecule has 1 aromatic carbocycles. The Balaban J connectivity index is 2.85. The molecule has 0 radical (unpaired) electrons. The number of rotatable bonds is 5. The molecule has 2 N–H and O–H groups in total. The van der Waals surface area contributed by atoms with Gasteiger partial charge in [-0.3, -0.25) is 0 Å². The number of benzene rings is 1. The summed E-state index contributed by atoms with van der Waals surface area (Å²) in [5.41, 5.74) is 8.19. The molecule has 0 aliphatic heterocycles. The summed E-state index contributed by atoms with van der Waals surface area (Å²) >= 11 is 4.96. The second-order valence-corrected chi connectivity index (χ2v) is 9.39. The maximum atomic E-state index is 12.0. The van der Waals surface area contributed by atoms with E-state index < -0.39 is 14.6 Å². The molecule has 1 rings (SSSR count). The fourth-order valence-electron chi connectivity index (χ4n) is 1.88. The van der Waals surface area contributed by atoms with Crippen LogP contribution in [0.4, 0.5) is 0 Å². The zero-order valence-corrected chi connectivity index (χ0v) is 14.8. The Hall–Kier alpha value is -1.14. The first kappa shape index (κ1) is 17.9. The molecular weight excluding hydrogens is 306 g/mol. The van der Waals surface area contributed by atoms with Gasteiger partial charge in [-0.05, 0) is 57.9 Å². The lowest BCUT2D eigenvalue weighted by Gasteiger charge is -2.20. The average molecular weight is 329 g/mol. The SMILES string of the molecule is Cc1cc(C(N)=S)cc(C)c1OCCS(=O)(=O)C(C)(C)C. The summed E-state index contributed by atoms with van der Waals surface area (Å²) in [6, 6.07) is 3.70. The zero-order chi connectivity index (χ0) is 16.4. The Morgan fingerprint density at radius 2 is 1.71 bits per heavy atom. The van der Waals surface area contributed by atoms with Crippen molar-refractivity contribution in [3.63, 3.8) is 0 Å². The quantitative estimate of drug-likeness (QED) is 0.841. The van der Waals surface area contributed by atoms with Crippen molar-refractivity contribution >= 4 is 27.0 Å². The lowest BCUT2D eigenvalue weighted by molar-refractivity contribution is 0.335. The number of hydrogen-bond donors (Lipinski definition) is 1. The Kier molecular flexibility index (Phi) is 5.39. The second kappa shape index (κ2) is 6.32. The molecule has 6 heteroatoms. The van der Waals surface area contributed by atoms with E-state index in [4.69, 9.17) is 22.7 Å². The molecule has 0 bridgehead atoms. The second-order valence-electron chi connectivity index (χ2n) is 6.08. The van der Waals surface area contributed by atoms with E-state index in [9.17, 15) is 8.42 Å². The molecule has 0 aromatic heterocycles. The molecule has 0 saturated heterocycles. The van der Waals surface area contributed by atoms with Crippen LogP contribution in [0.2, 0.25) is 0 Å². The maximum absolute atomic E-state index is 12.0. The van der Waals surface area contributed by atoms with Crippen molar-refractivity contribution in [2.24, 2.45) is 5.73 Å². The molecular formula is C15H23NO3S2. The first-order valence-electron chi connectivity index (χ1n) is 6.72. The Morgan fingerprint density at radius 1 is 1.24 bits per heavy atom. The largest absolute Gasteiger partial charge is 0.492 e. The first-order valence-corrected chi connectivity index (χ1v) is 8.78. The van der Waals surface area contributed by atoms with Crippen molar-refractivity contribution in [1.82, 2.24) is 0 Å². The van der Waals surface area contributed by atoms with Gasteiger partial charge in [-0.1, -0.05) is 12.2 Å². The minimum Gasteiger partial charge on any atom is -0.492 e. The van der Waals surface area contributed by atoms with Crippen molar-refractivity contribution in [1.29, 1.82) is 0 Å². The summed E-state index contributed by atoms with van der Waals surface area (Å²) in [6.07, 6.45) is 0. The first-order chi connectivity index (χ1) is 9.45. The number of thiocarbonyl (C=S) groups is 1. The predicted octanol–water partition coefficient (Wildman–Crippen LogP) is 2.53. The topological polar surface area (TPSA) is 69.4 Å². The van der Waals surface area contributed by atoms with Crippen LogP contribution in [0.3, 0.4) is 0 Å². The highest BCUT2D eigenvalue weighted by Gasteiger charge is 2.28. The molecule has 0 unspecified atom stereocenters. The van der Waals surface area contributed by atoms with E-state index in [1.807, 2.05) is 26.0 Å². The number of aryl methyl sites for hydroxylation is 2. The predicted molar refractivity (Wildman–Crippen MR) is 90.8 cm³/mol. The molecule has 21 heavy (non-hydrogen) atoms. The molecule has 0 fully saturated rings. The summed E-state index contributed by atoms with van der Waals surface area (Å²) in [5.74, 6) is 0.686. The molecule has 0 atom stereocenters. The third-order valence-electron chi connectivity index (χ3n) is 3.28. The minimum absolute atomic E-state index is 0.00751. The fraction of sp³-hybridized carbons (Fsp3) is 0.533. The van der Waals surface area contributed by atoms with E-state index >= 15 is 0 Å². The van der Waals surface area contributed by atoms with Gasteiger partial charge in [0.2, 0.25) is 0 Å². The molecule has 0 aliphatic carbocycles. The standard InChI is InChI=1S/C15H23NO3S2/c1-10-8-12(14(16)20)9-11(2)13(10)19-6-7-21(17,18)15(3,4)5/h8-9H,6-7H2,1-5H3,(H2,16,20). The van der Waals surface area contributed by atoms with Crippen LogP contribution in [0.5, 0.6) is 5.75 Å². The maximum Gasteiger partial charge on any atom is 0.158 e. The van der Waals surface area contributed by atoms with Crippen molar-refractivity contribution < 1.29 is 13.2 Å². The molecule has 1 aromatic rings. The third kappa shape index (κ3) is 4.41. The molecule has 0 heterocycles. The van der Waals surface area contributed by atoms with E-state index in [-0.39, 0.29) is 12.4 Å². The van der Waals surface area contributed by atoms with Crippen LogP contribution in [-0.4, -0.2) is 30.5 Å². The zero-order valence-electron chi connectivity index (χ0n) is 13.2. The number of nitrogens with two attached hydrogens (primary N) is 1. The summed E-state index contributed by atoms with van der Waals surface area (Å²) in [7, 11) is -3.18. The summed E-state index contributed by atoms with van der Waals surface area (Å²) in [5, 5.41) is 0. The van der Waals surface area contributed by atoms with Gasteiger partial charge in [-0.15, -0.1) is 0 Å². The minimum atomic E-state index is -3.18. The van der Waals surface area contributed by atoms with E-state index in [0.29, 0.717) is 10.7 Å². The van der Waals surface area contributed by atoms with Gasteiger partial charge in [0, 0.05) is 5.56 Å². The molecule has 0 saturated carbocycles. The van der Waals surface area contributed by atoms with Gasteiger partial charge >= 0.3 is 0 Å². The molecule has 4 nitrogen and oxygen atoms in total. The van der Waals surface area contributed by atoms with Gasteiger partial charge in [0.05, 0.1) is 10.5 Å². The van der Waals surface area contributed by atoms with Gasteiger partial charge in [0.15, 0.2) is 9.84 Å². The van der Waals surface area contributed by atoms with Crippen LogP contribution in [0, 0.1) is 13.8 Å². The van der Waals surface area contributed by atoms with Gasteiger partial charge in [-0.2, -0.15) is 0 Å². The smallest absolute Gasteiger partial charge is 0.158 e. The Bertz CT molecular complexity index is 620. The van der Waals surface area contributed by atoms with E-state index in [0.717, 1.165) is 16.7 Å². The van der Waals surface area contributed by atoms with Crippen molar-refractivity contribution in [2.75, 3.05) is 12.4 Å². The van der Waals surface area contributed by atoms with E-state index in [1.165, 1.54) is 0 Å². The van der Waals surface area contributed by atoms with Crippen molar-refractivity contribution in [3.05, 3.63) is 28.8 Å². The van der Waals surface area contributed by atoms with Gasteiger partial charge in [0.25, 0.3) is 0 Å². The number of sulfone groups is 1. The molecule has 0 aliphatic rings. The summed E-state index contributed by atoms with van der Waals surface area (Å²) < 4.78 is 29.0. The van der Waals surface area contributed by atoms with E-state index in [2.05, 4.69) is 0 Å². The Labute approximate surface area is 132 Å². The van der Waals surface area contributed by atoms with Crippen LogP contribution < -0.4 is 10.5 Å². The van der Waals surface area contributed by atoms with Gasteiger partial charge < -0.3 is 10.5 Å². The Morgan fingerprint density at radius 3 is 2.10 bits per heavy atom.